The Balaban J connectivity index is 1.78. The van der Waals surface area contributed by atoms with E-state index in [0.29, 0.717) is 0 Å². The maximum atomic E-state index is 9.35. The van der Waals surface area contributed by atoms with E-state index in [1.807, 2.05) is 13.4 Å². The molecule has 19 heavy (non-hydrogen) atoms. The molecule has 0 aromatic carbocycles. The van der Waals surface area contributed by atoms with Gasteiger partial charge in [0.05, 0.1) is 18.6 Å². The highest BCUT2D eigenvalue weighted by Crippen LogP contribution is 2.20. The third-order valence-electron chi connectivity index (χ3n) is 4.44. The van der Waals surface area contributed by atoms with Gasteiger partial charge in [-0.1, -0.05) is 0 Å². The van der Waals surface area contributed by atoms with Crippen LogP contribution in [0.1, 0.15) is 50.4 Å². The number of likely N-dealkylation sites (N-methyl/N-ethyl adjacent to an activating group) is 1. The third-order valence-corrected chi connectivity index (χ3v) is 4.44. The lowest BCUT2D eigenvalue weighted by atomic mass is 9.96. The number of aryl methyl sites for hydroxylation is 2. The lowest BCUT2D eigenvalue weighted by molar-refractivity contribution is 0.170. The van der Waals surface area contributed by atoms with Gasteiger partial charge in [0.15, 0.2) is 0 Å². The van der Waals surface area contributed by atoms with Crippen LogP contribution in [0.3, 0.4) is 0 Å². The topological polar surface area (TPSA) is 50.1 Å². The summed E-state index contributed by atoms with van der Waals surface area (Å²) in [6.45, 7) is 3.34. The molecular formula is C15H27N3O. The van der Waals surface area contributed by atoms with E-state index in [0.717, 1.165) is 32.2 Å². The fraction of sp³-hybridized carbons (Fsp3) is 0.800. The molecular weight excluding hydrogens is 238 g/mol. The first-order valence-electron chi connectivity index (χ1n) is 7.51. The predicted octanol–water partition coefficient (Wildman–Crippen LogP) is 1.90. The van der Waals surface area contributed by atoms with Gasteiger partial charge in [0.1, 0.15) is 0 Å². The molecule has 0 aliphatic heterocycles. The molecule has 1 atom stereocenters. The number of nitrogens with one attached hydrogen (secondary N) is 1. The second-order valence-electron chi connectivity index (χ2n) is 5.96. The summed E-state index contributed by atoms with van der Waals surface area (Å²) in [5, 5.41) is 12.6. The summed E-state index contributed by atoms with van der Waals surface area (Å²) < 4.78 is 2.34. The summed E-state index contributed by atoms with van der Waals surface area (Å²) >= 11 is 0. The van der Waals surface area contributed by atoms with Crippen molar-refractivity contribution in [1.29, 1.82) is 0 Å². The van der Waals surface area contributed by atoms with Crippen molar-refractivity contribution in [1.82, 2.24) is 14.9 Å². The van der Waals surface area contributed by atoms with Crippen molar-refractivity contribution in [2.75, 3.05) is 13.7 Å². The van der Waals surface area contributed by atoms with Gasteiger partial charge in [-0.05, 0) is 58.9 Å². The van der Waals surface area contributed by atoms with Crippen molar-refractivity contribution in [3.8, 4) is 0 Å². The first-order chi connectivity index (χ1) is 9.18. The van der Waals surface area contributed by atoms with Crippen molar-refractivity contribution in [3.05, 3.63) is 17.7 Å². The summed E-state index contributed by atoms with van der Waals surface area (Å²) in [5.74, 6) is 0. The van der Waals surface area contributed by atoms with E-state index >= 15 is 0 Å². The molecule has 1 aromatic rings. The second-order valence-corrected chi connectivity index (χ2v) is 5.96. The van der Waals surface area contributed by atoms with Crippen LogP contribution in [-0.2, 0) is 19.4 Å². The van der Waals surface area contributed by atoms with Gasteiger partial charge >= 0.3 is 0 Å². The van der Waals surface area contributed by atoms with E-state index in [1.165, 1.54) is 30.7 Å². The summed E-state index contributed by atoms with van der Waals surface area (Å²) in [5.41, 5.74) is 2.65. The Morgan fingerprint density at radius 1 is 1.37 bits per heavy atom. The molecule has 1 unspecified atom stereocenters. The van der Waals surface area contributed by atoms with Gasteiger partial charge in [0.2, 0.25) is 0 Å². The van der Waals surface area contributed by atoms with Gasteiger partial charge in [0.25, 0.3) is 0 Å². The highest BCUT2D eigenvalue weighted by molar-refractivity contribution is 5.16. The van der Waals surface area contributed by atoms with E-state index in [9.17, 15) is 5.11 Å². The number of nitrogens with zero attached hydrogens (tertiary/aromatic N) is 2. The summed E-state index contributed by atoms with van der Waals surface area (Å²) in [6.07, 6.45) is 10.3. The van der Waals surface area contributed by atoms with Crippen LogP contribution in [-0.4, -0.2) is 33.9 Å². The van der Waals surface area contributed by atoms with E-state index in [2.05, 4.69) is 21.8 Å². The Labute approximate surface area is 116 Å². The average molecular weight is 265 g/mol. The molecule has 0 saturated heterocycles. The maximum Gasteiger partial charge on any atom is 0.0951 e. The largest absolute Gasteiger partial charge is 0.394 e. The summed E-state index contributed by atoms with van der Waals surface area (Å²) in [4.78, 5) is 4.53. The molecule has 108 valence electrons. The zero-order valence-electron chi connectivity index (χ0n) is 12.3. The fourth-order valence-electron chi connectivity index (χ4n) is 2.80. The fourth-order valence-corrected chi connectivity index (χ4v) is 2.80. The highest BCUT2D eigenvalue weighted by atomic mass is 16.3. The van der Waals surface area contributed by atoms with Crippen LogP contribution in [0.5, 0.6) is 0 Å². The van der Waals surface area contributed by atoms with Gasteiger partial charge in [-0.15, -0.1) is 0 Å². The standard InChI is InChI=1S/C15H27N3O/c1-15(11-19,16-2)9-5-6-10-18-12-17-13-7-3-4-8-14(13)18/h12,16,19H,3-11H2,1-2H3. The van der Waals surface area contributed by atoms with Crippen LogP contribution in [0.15, 0.2) is 6.33 Å². The molecule has 4 nitrogen and oxygen atoms in total. The van der Waals surface area contributed by atoms with Crippen molar-refractivity contribution in [2.24, 2.45) is 0 Å². The SMILES string of the molecule is CNC(C)(CO)CCCCn1cnc2c1CCCC2. The monoisotopic (exact) mass is 265 g/mol. The van der Waals surface area contributed by atoms with Crippen LogP contribution in [0.2, 0.25) is 0 Å². The number of fused-ring (bicyclic) bond motifs is 1. The van der Waals surface area contributed by atoms with Crippen molar-refractivity contribution >= 4 is 0 Å². The Morgan fingerprint density at radius 2 is 2.16 bits per heavy atom. The molecule has 1 aliphatic rings. The molecule has 0 fully saturated rings. The van der Waals surface area contributed by atoms with Crippen molar-refractivity contribution in [3.63, 3.8) is 0 Å². The predicted molar refractivity (Wildman–Crippen MR) is 77.3 cm³/mol. The minimum Gasteiger partial charge on any atom is -0.394 e. The van der Waals surface area contributed by atoms with Gasteiger partial charge < -0.3 is 15.0 Å². The smallest absolute Gasteiger partial charge is 0.0951 e. The lowest BCUT2D eigenvalue weighted by Crippen LogP contribution is -2.43. The molecule has 0 bridgehead atoms. The molecule has 0 radical (unpaired) electrons. The van der Waals surface area contributed by atoms with Crippen LogP contribution < -0.4 is 5.32 Å². The van der Waals surface area contributed by atoms with Crippen LogP contribution in [0.25, 0.3) is 0 Å². The number of rotatable bonds is 7. The molecule has 1 aliphatic carbocycles. The Bertz CT molecular complexity index is 396. The van der Waals surface area contributed by atoms with E-state index in [-0.39, 0.29) is 12.1 Å². The quantitative estimate of drug-likeness (QED) is 0.740. The molecule has 1 heterocycles. The number of aromatic nitrogens is 2. The Hall–Kier alpha value is -0.870. The summed E-state index contributed by atoms with van der Waals surface area (Å²) in [6, 6.07) is 0. The van der Waals surface area contributed by atoms with Crippen LogP contribution in [0, 0.1) is 0 Å². The molecule has 0 amide bonds. The number of aliphatic hydroxyl groups excluding tert-OH is 1. The number of unbranched alkanes of at least 4 members (excludes halogenated alkanes) is 1. The first-order valence-corrected chi connectivity index (χ1v) is 7.51. The minimum atomic E-state index is -0.131. The zero-order valence-corrected chi connectivity index (χ0v) is 12.3. The normalized spacial score (nSPS) is 18.1. The van der Waals surface area contributed by atoms with Gasteiger partial charge in [-0.3, -0.25) is 0 Å². The van der Waals surface area contributed by atoms with E-state index in [1.54, 1.807) is 0 Å². The molecule has 4 heteroatoms. The first kappa shape index (κ1) is 14.5. The molecule has 0 spiro atoms. The molecule has 2 N–H and O–H groups in total. The molecule has 2 rings (SSSR count). The maximum absolute atomic E-state index is 9.35. The minimum absolute atomic E-state index is 0.131. The second kappa shape index (κ2) is 6.53. The Kier molecular flexibility index (Phi) is 4.99. The average Bonchev–Trinajstić information content (AvgIpc) is 2.87. The highest BCUT2D eigenvalue weighted by Gasteiger charge is 2.20. The van der Waals surface area contributed by atoms with Crippen LogP contribution >= 0.6 is 0 Å². The van der Waals surface area contributed by atoms with Gasteiger partial charge in [-0.2, -0.15) is 0 Å². The van der Waals surface area contributed by atoms with E-state index < -0.39 is 0 Å². The number of imidazole rings is 1. The number of hydrogen-bond donors (Lipinski definition) is 2. The number of aliphatic hydroxyl groups is 1. The van der Waals surface area contributed by atoms with Crippen molar-refractivity contribution in [2.45, 2.75) is 64.0 Å². The lowest BCUT2D eigenvalue weighted by Gasteiger charge is -2.26. The molecule has 0 saturated carbocycles. The molecule has 1 aromatic heterocycles. The van der Waals surface area contributed by atoms with E-state index in [4.69, 9.17) is 0 Å². The Morgan fingerprint density at radius 3 is 2.89 bits per heavy atom. The van der Waals surface area contributed by atoms with Crippen LogP contribution in [0.4, 0.5) is 0 Å². The van der Waals surface area contributed by atoms with Crippen molar-refractivity contribution < 1.29 is 5.11 Å². The van der Waals surface area contributed by atoms with Gasteiger partial charge in [0, 0.05) is 17.8 Å². The zero-order chi connectivity index (χ0) is 13.7. The number of hydrogen-bond acceptors (Lipinski definition) is 3. The summed E-state index contributed by atoms with van der Waals surface area (Å²) in [7, 11) is 1.92. The third kappa shape index (κ3) is 3.57. The van der Waals surface area contributed by atoms with Gasteiger partial charge in [-0.25, -0.2) is 4.98 Å².